The number of hydrogen-bond donors (Lipinski definition) is 2. The molecule has 0 fully saturated rings. The summed E-state index contributed by atoms with van der Waals surface area (Å²) in [5.74, 6) is -0.575. The molecule has 0 spiro atoms. The van der Waals surface area contributed by atoms with Crippen molar-refractivity contribution in [3.8, 4) is 0 Å². The Morgan fingerprint density at radius 3 is 2.80 bits per heavy atom. The molecule has 0 radical (unpaired) electrons. The first-order valence-corrected chi connectivity index (χ1v) is 6.52. The van der Waals surface area contributed by atoms with E-state index in [2.05, 4.69) is 5.32 Å². The van der Waals surface area contributed by atoms with Gasteiger partial charge in [-0.1, -0.05) is 23.7 Å². The minimum absolute atomic E-state index is 0.284. The van der Waals surface area contributed by atoms with Crippen LogP contribution in [-0.4, -0.2) is 12.5 Å². The lowest BCUT2D eigenvalue weighted by Gasteiger charge is -2.08. The number of carbonyl (C=O) groups excluding carboxylic acids is 1. The molecular formula is C15H14ClFN2O. The minimum Gasteiger partial charge on any atom is -0.398 e. The summed E-state index contributed by atoms with van der Waals surface area (Å²) in [5.41, 5.74) is 7.26. The standard InChI is InChI=1S/C15H14ClFN2O/c16-11-4-5-14(18)13(9-11)15(20)19-7-6-10-2-1-3-12(17)8-10/h1-5,8-9H,6-7,18H2,(H,19,20). The molecule has 2 aromatic carbocycles. The van der Waals surface area contributed by atoms with Gasteiger partial charge in [0, 0.05) is 17.3 Å². The van der Waals surface area contributed by atoms with Gasteiger partial charge in [-0.15, -0.1) is 0 Å². The molecule has 0 bridgehead atoms. The fourth-order valence-corrected chi connectivity index (χ4v) is 2.01. The molecule has 0 saturated heterocycles. The Labute approximate surface area is 121 Å². The molecule has 2 aromatic rings. The molecule has 2 rings (SSSR count). The Morgan fingerprint density at radius 1 is 1.25 bits per heavy atom. The van der Waals surface area contributed by atoms with Gasteiger partial charge in [-0.3, -0.25) is 4.79 Å². The van der Waals surface area contributed by atoms with Crippen molar-refractivity contribution in [2.75, 3.05) is 12.3 Å². The Hall–Kier alpha value is -2.07. The van der Waals surface area contributed by atoms with Gasteiger partial charge in [0.25, 0.3) is 5.91 Å². The highest BCUT2D eigenvalue weighted by atomic mass is 35.5. The van der Waals surface area contributed by atoms with Crippen molar-refractivity contribution in [3.63, 3.8) is 0 Å². The molecular weight excluding hydrogens is 279 g/mol. The SMILES string of the molecule is Nc1ccc(Cl)cc1C(=O)NCCc1cccc(F)c1. The van der Waals surface area contributed by atoms with E-state index in [0.29, 0.717) is 29.2 Å². The van der Waals surface area contributed by atoms with E-state index in [1.807, 2.05) is 6.07 Å². The monoisotopic (exact) mass is 292 g/mol. The van der Waals surface area contributed by atoms with Crippen LogP contribution in [0.15, 0.2) is 42.5 Å². The molecule has 5 heteroatoms. The smallest absolute Gasteiger partial charge is 0.253 e. The quantitative estimate of drug-likeness (QED) is 0.851. The molecule has 0 aliphatic heterocycles. The van der Waals surface area contributed by atoms with Gasteiger partial charge in [0.1, 0.15) is 5.82 Å². The third-order valence-electron chi connectivity index (χ3n) is 2.85. The molecule has 0 heterocycles. The number of carbonyl (C=O) groups is 1. The molecule has 0 atom stereocenters. The summed E-state index contributed by atoms with van der Waals surface area (Å²) in [6, 6.07) is 11.0. The number of benzene rings is 2. The summed E-state index contributed by atoms with van der Waals surface area (Å²) >= 11 is 5.83. The number of nitrogens with two attached hydrogens (primary N) is 1. The van der Waals surface area contributed by atoms with E-state index in [4.69, 9.17) is 17.3 Å². The highest BCUT2D eigenvalue weighted by molar-refractivity contribution is 6.31. The van der Waals surface area contributed by atoms with E-state index in [9.17, 15) is 9.18 Å². The van der Waals surface area contributed by atoms with Crippen molar-refractivity contribution in [1.82, 2.24) is 5.32 Å². The summed E-state index contributed by atoms with van der Waals surface area (Å²) in [4.78, 5) is 12.0. The van der Waals surface area contributed by atoms with Crippen molar-refractivity contribution < 1.29 is 9.18 Å². The highest BCUT2D eigenvalue weighted by Gasteiger charge is 2.09. The van der Waals surface area contributed by atoms with Crippen LogP contribution in [0.1, 0.15) is 15.9 Å². The van der Waals surface area contributed by atoms with Crippen LogP contribution < -0.4 is 11.1 Å². The fraction of sp³-hybridized carbons (Fsp3) is 0.133. The maximum Gasteiger partial charge on any atom is 0.253 e. The minimum atomic E-state index is -0.290. The molecule has 104 valence electrons. The fourth-order valence-electron chi connectivity index (χ4n) is 1.83. The van der Waals surface area contributed by atoms with Crippen molar-refractivity contribution in [2.45, 2.75) is 6.42 Å². The van der Waals surface area contributed by atoms with E-state index < -0.39 is 0 Å². The average molecular weight is 293 g/mol. The van der Waals surface area contributed by atoms with Crippen LogP contribution in [0.5, 0.6) is 0 Å². The zero-order chi connectivity index (χ0) is 14.5. The van der Waals surface area contributed by atoms with Crippen molar-refractivity contribution >= 4 is 23.2 Å². The summed E-state index contributed by atoms with van der Waals surface area (Å²) in [6.07, 6.45) is 0.546. The Bertz CT molecular complexity index is 631. The second-order valence-electron chi connectivity index (χ2n) is 4.37. The zero-order valence-corrected chi connectivity index (χ0v) is 11.5. The maximum absolute atomic E-state index is 13.0. The van der Waals surface area contributed by atoms with E-state index in [0.717, 1.165) is 5.56 Å². The molecule has 0 aromatic heterocycles. The predicted molar refractivity (Wildman–Crippen MR) is 78.3 cm³/mol. The number of nitrogens with one attached hydrogen (secondary N) is 1. The molecule has 0 unspecified atom stereocenters. The molecule has 0 aliphatic carbocycles. The van der Waals surface area contributed by atoms with Crippen LogP contribution in [-0.2, 0) is 6.42 Å². The molecule has 0 aliphatic rings. The third kappa shape index (κ3) is 3.71. The van der Waals surface area contributed by atoms with Crippen molar-refractivity contribution in [3.05, 3.63) is 64.4 Å². The van der Waals surface area contributed by atoms with Crippen LogP contribution in [0.25, 0.3) is 0 Å². The second kappa shape index (κ2) is 6.39. The number of nitrogen functional groups attached to an aromatic ring is 1. The van der Waals surface area contributed by atoms with Gasteiger partial charge in [0.05, 0.1) is 5.56 Å². The predicted octanol–water partition coefficient (Wildman–Crippen LogP) is 3.03. The number of anilines is 1. The van der Waals surface area contributed by atoms with E-state index in [1.165, 1.54) is 18.2 Å². The lowest BCUT2D eigenvalue weighted by Crippen LogP contribution is -2.26. The van der Waals surface area contributed by atoms with Crippen LogP contribution in [0, 0.1) is 5.82 Å². The summed E-state index contributed by atoms with van der Waals surface area (Å²) < 4.78 is 13.0. The van der Waals surface area contributed by atoms with Gasteiger partial charge in [0.2, 0.25) is 0 Å². The Balaban J connectivity index is 1.94. The van der Waals surface area contributed by atoms with E-state index in [-0.39, 0.29) is 11.7 Å². The number of rotatable bonds is 4. The van der Waals surface area contributed by atoms with Crippen molar-refractivity contribution in [1.29, 1.82) is 0 Å². The van der Waals surface area contributed by atoms with Gasteiger partial charge < -0.3 is 11.1 Å². The Kier molecular flexibility index (Phi) is 4.58. The van der Waals surface area contributed by atoms with Crippen LogP contribution in [0.4, 0.5) is 10.1 Å². The van der Waals surface area contributed by atoms with Crippen molar-refractivity contribution in [2.24, 2.45) is 0 Å². The average Bonchev–Trinajstić information content (AvgIpc) is 2.41. The summed E-state index contributed by atoms with van der Waals surface area (Å²) in [5, 5.41) is 3.19. The number of amides is 1. The highest BCUT2D eigenvalue weighted by Crippen LogP contribution is 2.17. The zero-order valence-electron chi connectivity index (χ0n) is 10.7. The molecule has 0 saturated carbocycles. The normalized spacial score (nSPS) is 10.3. The maximum atomic E-state index is 13.0. The van der Waals surface area contributed by atoms with Gasteiger partial charge in [0.15, 0.2) is 0 Å². The molecule has 3 nitrogen and oxygen atoms in total. The van der Waals surface area contributed by atoms with Gasteiger partial charge in [-0.25, -0.2) is 4.39 Å². The molecule has 1 amide bonds. The lowest BCUT2D eigenvalue weighted by molar-refractivity contribution is 0.0955. The first kappa shape index (κ1) is 14.3. The second-order valence-corrected chi connectivity index (χ2v) is 4.80. The van der Waals surface area contributed by atoms with E-state index >= 15 is 0 Å². The summed E-state index contributed by atoms with van der Waals surface area (Å²) in [7, 11) is 0. The Morgan fingerprint density at radius 2 is 2.05 bits per heavy atom. The number of hydrogen-bond acceptors (Lipinski definition) is 2. The van der Waals surface area contributed by atoms with Gasteiger partial charge in [-0.2, -0.15) is 0 Å². The van der Waals surface area contributed by atoms with Crippen LogP contribution in [0.3, 0.4) is 0 Å². The van der Waals surface area contributed by atoms with E-state index in [1.54, 1.807) is 18.2 Å². The van der Waals surface area contributed by atoms with Crippen LogP contribution >= 0.6 is 11.6 Å². The largest absolute Gasteiger partial charge is 0.398 e. The number of halogens is 2. The van der Waals surface area contributed by atoms with Gasteiger partial charge in [-0.05, 0) is 42.3 Å². The van der Waals surface area contributed by atoms with Gasteiger partial charge >= 0.3 is 0 Å². The first-order valence-electron chi connectivity index (χ1n) is 6.14. The molecule has 20 heavy (non-hydrogen) atoms. The topological polar surface area (TPSA) is 55.1 Å². The molecule has 3 N–H and O–H groups in total. The van der Waals surface area contributed by atoms with Crippen LogP contribution in [0.2, 0.25) is 5.02 Å². The lowest BCUT2D eigenvalue weighted by atomic mass is 10.1. The summed E-state index contributed by atoms with van der Waals surface area (Å²) in [6.45, 7) is 0.397. The first-order chi connectivity index (χ1) is 9.56. The third-order valence-corrected chi connectivity index (χ3v) is 3.08.